The van der Waals surface area contributed by atoms with Gasteiger partial charge in [-0.25, -0.2) is 0 Å². The lowest BCUT2D eigenvalue weighted by molar-refractivity contribution is -0.142. The zero-order valence-electron chi connectivity index (χ0n) is 17.5. The summed E-state index contributed by atoms with van der Waals surface area (Å²) in [6.07, 6.45) is 7.49. The van der Waals surface area contributed by atoms with Crippen LogP contribution in [0.15, 0.2) is 30.3 Å². The van der Waals surface area contributed by atoms with E-state index in [4.69, 9.17) is 15.3 Å². The van der Waals surface area contributed by atoms with E-state index in [-0.39, 0.29) is 6.54 Å². The fraction of sp³-hybridized carbons (Fsp3) is 0.591. The second kappa shape index (κ2) is 14.5. The predicted molar refractivity (Wildman–Crippen MR) is 114 cm³/mol. The van der Waals surface area contributed by atoms with Crippen molar-refractivity contribution in [2.24, 2.45) is 5.92 Å². The molecule has 0 bridgehead atoms. The molecular formula is C22H34N2O6. The van der Waals surface area contributed by atoms with E-state index in [2.05, 4.69) is 10.6 Å². The van der Waals surface area contributed by atoms with Crippen molar-refractivity contribution in [3.63, 3.8) is 0 Å². The van der Waals surface area contributed by atoms with Crippen molar-refractivity contribution in [2.75, 3.05) is 13.1 Å². The molecule has 8 nitrogen and oxygen atoms in total. The van der Waals surface area contributed by atoms with Crippen LogP contribution in [0.5, 0.6) is 0 Å². The van der Waals surface area contributed by atoms with Crippen LogP contribution < -0.4 is 10.6 Å². The monoisotopic (exact) mass is 422 g/mol. The number of rotatable bonds is 11. The van der Waals surface area contributed by atoms with Crippen LogP contribution in [0.1, 0.15) is 51.0 Å². The Bertz CT molecular complexity index is 646. The molecular weight excluding hydrogens is 388 g/mol. The van der Waals surface area contributed by atoms with E-state index in [1.165, 1.54) is 39.0 Å². The minimum Gasteiger partial charge on any atom is -0.480 e. The maximum Gasteiger partial charge on any atom is 0.320 e. The van der Waals surface area contributed by atoms with Gasteiger partial charge < -0.3 is 20.6 Å². The maximum atomic E-state index is 11.0. The van der Waals surface area contributed by atoms with E-state index in [0.29, 0.717) is 12.8 Å². The summed E-state index contributed by atoms with van der Waals surface area (Å²) < 4.78 is 0. The standard InChI is InChI=1S/C13H17NO4.C9H17NO2/c1-9(12(15)16)14-11(13(17)18)8-7-10-5-3-2-4-6-10;11-9(12)7-10-6-8-4-2-1-3-5-8/h2-6,9,11,14H,7-8H2,1H3,(H,15,16)(H,17,18);8,10H,1-7H2,(H,11,12)/t9-,11+;/m1./s1. The first-order valence-electron chi connectivity index (χ1n) is 10.5. The van der Waals surface area contributed by atoms with Crippen molar-refractivity contribution >= 4 is 17.9 Å². The minimum absolute atomic E-state index is 0.108. The summed E-state index contributed by atoms with van der Waals surface area (Å²) in [5, 5.41) is 31.7. The number of hydrogen-bond acceptors (Lipinski definition) is 5. The summed E-state index contributed by atoms with van der Waals surface area (Å²) in [7, 11) is 0. The molecule has 1 fully saturated rings. The van der Waals surface area contributed by atoms with Gasteiger partial charge >= 0.3 is 17.9 Å². The Morgan fingerprint density at radius 2 is 1.63 bits per heavy atom. The minimum atomic E-state index is -1.05. The second-order valence-electron chi connectivity index (χ2n) is 7.67. The zero-order valence-corrected chi connectivity index (χ0v) is 17.5. The summed E-state index contributed by atoms with van der Waals surface area (Å²) in [5.74, 6) is -2.12. The molecule has 0 heterocycles. The lowest BCUT2D eigenvalue weighted by Crippen LogP contribution is -2.45. The molecule has 1 aliphatic rings. The SMILES string of the molecule is C[C@@H](N[C@@H](CCc1ccccc1)C(=O)O)C(=O)O.O=C(O)CNCC1CCCCC1. The van der Waals surface area contributed by atoms with Crippen molar-refractivity contribution in [1.29, 1.82) is 0 Å². The van der Waals surface area contributed by atoms with E-state index >= 15 is 0 Å². The first-order valence-corrected chi connectivity index (χ1v) is 10.5. The van der Waals surface area contributed by atoms with Crippen LogP contribution in [0.2, 0.25) is 0 Å². The summed E-state index contributed by atoms with van der Waals surface area (Å²) in [5.41, 5.74) is 1.04. The highest BCUT2D eigenvalue weighted by molar-refractivity contribution is 5.77. The Kier molecular flexibility index (Phi) is 12.4. The Hall–Kier alpha value is -2.45. The molecule has 1 aliphatic carbocycles. The fourth-order valence-corrected chi connectivity index (χ4v) is 3.38. The summed E-state index contributed by atoms with van der Waals surface area (Å²) in [6.45, 7) is 2.42. The molecule has 2 atom stereocenters. The summed E-state index contributed by atoms with van der Waals surface area (Å²) in [4.78, 5) is 31.9. The largest absolute Gasteiger partial charge is 0.480 e. The average Bonchev–Trinajstić information content (AvgIpc) is 2.72. The molecule has 5 N–H and O–H groups in total. The molecule has 1 aromatic carbocycles. The van der Waals surface area contributed by atoms with E-state index < -0.39 is 30.0 Å². The van der Waals surface area contributed by atoms with E-state index in [1.807, 2.05) is 30.3 Å². The molecule has 0 saturated heterocycles. The Morgan fingerprint density at radius 3 is 2.17 bits per heavy atom. The van der Waals surface area contributed by atoms with Crippen LogP contribution in [0, 0.1) is 5.92 Å². The number of benzene rings is 1. The fourth-order valence-electron chi connectivity index (χ4n) is 3.38. The third kappa shape index (κ3) is 11.5. The molecule has 0 spiro atoms. The van der Waals surface area contributed by atoms with Crippen molar-refractivity contribution in [3.05, 3.63) is 35.9 Å². The van der Waals surface area contributed by atoms with Gasteiger partial charge in [-0.15, -0.1) is 0 Å². The van der Waals surface area contributed by atoms with Crippen molar-refractivity contribution in [2.45, 2.75) is 64.0 Å². The molecule has 168 valence electrons. The smallest absolute Gasteiger partial charge is 0.320 e. The number of carboxylic acids is 3. The number of hydrogen-bond donors (Lipinski definition) is 5. The zero-order chi connectivity index (χ0) is 22.4. The quantitative estimate of drug-likeness (QED) is 0.367. The van der Waals surface area contributed by atoms with Gasteiger partial charge in [0.2, 0.25) is 0 Å². The maximum absolute atomic E-state index is 11.0. The van der Waals surface area contributed by atoms with Gasteiger partial charge in [0.1, 0.15) is 12.1 Å². The molecule has 8 heteroatoms. The first kappa shape index (κ1) is 25.6. The lowest BCUT2D eigenvalue weighted by atomic mass is 9.89. The number of carboxylic acid groups (broad SMARTS) is 3. The highest BCUT2D eigenvalue weighted by atomic mass is 16.4. The molecule has 0 aromatic heterocycles. The highest BCUT2D eigenvalue weighted by Crippen LogP contribution is 2.22. The van der Waals surface area contributed by atoms with Gasteiger partial charge in [-0.1, -0.05) is 49.6 Å². The molecule has 1 saturated carbocycles. The van der Waals surface area contributed by atoms with Gasteiger partial charge in [0, 0.05) is 0 Å². The summed E-state index contributed by atoms with van der Waals surface area (Å²) in [6, 6.07) is 7.77. The Labute approximate surface area is 177 Å². The van der Waals surface area contributed by atoms with Crippen molar-refractivity contribution in [1.82, 2.24) is 10.6 Å². The molecule has 0 radical (unpaired) electrons. The van der Waals surface area contributed by atoms with Gasteiger partial charge in [0.15, 0.2) is 0 Å². The average molecular weight is 423 g/mol. The van der Waals surface area contributed by atoms with Crippen LogP contribution in [0.25, 0.3) is 0 Å². The topological polar surface area (TPSA) is 136 Å². The van der Waals surface area contributed by atoms with Crippen LogP contribution in [-0.2, 0) is 20.8 Å². The summed E-state index contributed by atoms with van der Waals surface area (Å²) >= 11 is 0. The van der Waals surface area contributed by atoms with E-state index in [0.717, 1.165) is 18.0 Å². The predicted octanol–water partition coefficient (Wildman–Crippen LogP) is 2.38. The van der Waals surface area contributed by atoms with Crippen LogP contribution in [0.3, 0.4) is 0 Å². The van der Waals surface area contributed by atoms with Crippen LogP contribution in [-0.4, -0.2) is 58.4 Å². The highest BCUT2D eigenvalue weighted by Gasteiger charge is 2.22. The van der Waals surface area contributed by atoms with E-state index in [9.17, 15) is 14.4 Å². The van der Waals surface area contributed by atoms with Crippen molar-refractivity contribution < 1.29 is 29.7 Å². The van der Waals surface area contributed by atoms with Gasteiger partial charge in [-0.05, 0) is 50.6 Å². The van der Waals surface area contributed by atoms with Gasteiger partial charge in [0.25, 0.3) is 0 Å². The second-order valence-corrected chi connectivity index (χ2v) is 7.67. The van der Waals surface area contributed by atoms with Crippen molar-refractivity contribution in [3.8, 4) is 0 Å². The number of aliphatic carboxylic acids is 3. The van der Waals surface area contributed by atoms with Gasteiger partial charge in [0.05, 0.1) is 6.54 Å². The molecule has 0 aliphatic heterocycles. The third-order valence-corrected chi connectivity index (χ3v) is 5.12. The van der Waals surface area contributed by atoms with Crippen LogP contribution in [0.4, 0.5) is 0 Å². The van der Waals surface area contributed by atoms with Crippen LogP contribution >= 0.6 is 0 Å². The first-order chi connectivity index (χ1) is 14.3. The third-order valence-electron chi connectivity index (χ3n) is 5.12. The molecule has 2 rings (SSSR count). The molecule has 0 unspecified atom stereocenters. The lowest BCUT2D eigenvalue weighted by Gasteiger charge is -2.21. The van der Waals surface area contributed by atoms with E-state index in [1.54, 1.807) is 0 Å². The number of carbonyl (C=O) groups is 3. The molecule has 30 heavy (non-hydrogen) atoms. The van der Waals surface area contributed by atoms with Gasteiger partial charge in [-0.2, -0.15) is 0 Å². The van der Waals surface area contributed by atoms with Gasteiger partial charge in [-0.3, -0.25) is 19.7 Å². The normalized spacial score (nSPS) is 16.0. The Morgan fingerprint density at radius 1 is 1.00 bits per heavy atom. The molecule has 1 aromatic rings. The number of aryl methyl sites for hydroxylation is 1. The Balaban J connectivity index is 0.000000325. The molecule has 0 amide bonds. The number of nitrogens with one attached hydrogen (secondary N) is 2.